The molecule has 2 fully saturated rings. The summed E-state index contributed by atoms with van der Waals surface area (Å²) in [4.78, 5) is 5.53. The Morgan fingerprint density at radius 2 is 2.00 bits per heavy atom. The van der Waals surface area contributed by atoms with Gasteiger partial charge in [-0.1, -0.05) is 20.3 Å². The molecule has 3 heteroatoms. The number of fused-ring (bicyclic) bond motifs is 1. The smallest absolute Gasteiger partial charge is 0.0224 e. The lowest BCUT2D eigenvalue weighted by Gasteiger charge is -2.50. The summed E-state index contributed by atoms with van der Waals surface area (Å²) in [7, 11) is 0. The van der Waals surface area contributed by atoms with Gasteiger partial charge < -0.3 is 5.32 Å². The number of rotatable bonds is 6. The molecule has 0 spiro atoms. The van der Waals surface area contributed by atoms with Gasteiger partial charge in [0.25, 0.3) is 0 Å². The van der Waals surface area contributed by atoms with Crippen molar-refractivity contribution in [2.45, 2.75) is 84.0 Å². The highest BCUT2D eigenvalue weighted by molar-refractivity contribution is 4.93. The summed E-state index contributed by atoms with van der Waals surface area (Å²) in [5.74, 6) is 0. The number of piperidine rings is 1. The minimum Gasteiger partial charge on any atom is -0.312 e. The first-order chi connectivity index (χ1) is 9.67. The van der Waals surface area contributed by atoms with E-state index in [1.54, 1.807) is 0 Å². The molecule has 0 saturated carbocycles. The third-order valence-corrected chi connectivity index (χ3v) is 5.44. The van der Waals surface area contributed by atoms with Crippen LogP contribution in [0, 0.1) is 0 Å². The molecule has 0 bridgehead atoms. The predicted octanol–water partition coefficient (Wildman–Crippen LogP) is 2.71. The zero-order valence-electron chi connectivity index (χ0n) is 14.1. The Kier molecular flexibility index (Phi) is 6.31. The third-order valence-electron chi connectivity index (χ3n) is 5.44. The van der Waals surface area contributed by atoms with Gasteiger partial charge in [0.15, 0.2) is 0 Å². The van der Waals surface area contributed by atoms with Gasteiger partial charge >= 0.3 is 0 Å². The Morgan fingerprint density at radius 3 is 2.70 bits per heavy atom. The van der Waals surface area contributed by atoms with Crippen LogP contribution in [-0.2, 0) is 0 Å². The maximum absolute atomic E-state index is 3.75. The fourth-order valence-electron chi connectivity index (χ4n) is 4.16. The fraction of sp³-hybridized carbons (Fsp3) is 1.00. The first kappa shape index (κ1) is 16.3. The number of hydrogen-bond acceptors (Lipinski definition) is 3. The van der Waals surface area contributed by atoms with Gasteiger partial charge in [-0.2, -0.15) is 0 Å². The Labute approximate surface area is 126 Å². The average Bonchev–Trinajstić information content (AvgIpc) is 2.47. The van der Waals surface area contributed by atoms with Crippen molar-refractivity contribution in [3.63, 3.8) is 0 Å². The van der Waals surface area contributed by atoms with Gasteiger partial charge in [0, 0.05) is 37.3 Å². The number of hydrogen-bond donors (Lipinski definition) is 1. The molecular weight excluding hydrogens is 246 g/mol. The zero-order chi connectivity index (χ0) is 14.5. The summed E-state index contributed by atoms with van der Waals surface area (Å²) in [6, 6.07) is 2.83. The highest BCUT2D eigenvalue weighted by Crippen LogP contribution is 2.26. The summed E-state index contributed by atoms with van der Waals surface area (Å²) < 4.78 is 0. The monoisotopic (exact) mass is 281 g/mol. The standard InChI is InChI=1S/C17H35N3/c1-5-10-18-17(6-2)15(4)20-13-16-9-7-8-11-19(16)12-14(20)3/h14-18H,5-13H2,1-4H3. The molecule has 2 aliphatic heterocycles. The molecule has 118 valence electrons. The van der Waals surface area contributed by atoms with E-state index >= 15 is 0 Å². The summed E-state index contributed by atoms with van der Waals surface area (Å²) >= 11 is 0. The van der Waals surface area contributed by atoms with Crippen LogP contribution in [0.25, 0.3) is 0 Å². The van der Waals surface area contributed by atoms with Crippen LogP contribution in [0.3, 0.4) is 0 Å². The first-order valence-electron chi connectivity index (χ1n) is 8.90. The molecule has 0 radical (unpaired) electrons. The molecule has 1 N–H and O–H groups in total. The number of nitrogens with one attached hydrogen (secondary N) is 1. The summed E-state index contributed by atoms with van der Waals surface area (Å²) in [6.45, 7) is 14.5. The molecule has 0 aromatic carbocycles. The van der Waals surface area contributed by atoms with Crippen LogP contribution in [0.4, 0.5) is 0 Å². The van der Waals surface area contributed by atoms with E-state index in [2.05, 4.69) is 42.8 Å². The molecule has 4 atom stereocenters. The topological polar surface area (TPSA) is 18.5 Å². The van der Waals surface area contributed by atoms with E-state index in [0.29, 0.717) is 18.1 Å². The predicted molar refractivity (Wildman–Crippen MR) is 87.2 cm³/mol. The summed E-state index contributed by atoms with van der Waals surface area (Å²) in [6.07, 6.45) is 6.72. The molecule has 20 heavy (non-hydrogen) atoms. The number of piperazine rings is 1. The van der Waals surface area contributed by atoms with E-state index in [9.17, 15) is 0 Å². The van der Waals surface area contributed by atoms with Crippen LogP contribution in [0.2, 0.25) is 0 Å². The van der Waals surface area contributed by atoms with Crippen LogP contribution in [0.15, 0.2) is 0 Å². The van der Waals surface area contributed by atoms with Crippen molar-refractivity contribution in [3.05, 3.63) is 0 Å². The second-order valence-corrected chi connectivity index (χ2v) is 6.90. The SMILES string of the molecule is CCCNC(CC)C(C)N1CC2CCCCN2CC1C. The first-order valence-corrected chi connectivity index (χ1v) is 8.90. The van der Waals surface area contributed by atoms with Crippen molar-refractivity contribution in [1.29, 1.82) is 0 Å². The van der Waals surface area contributed by atoms with Crippen molar-refractivity contribution < 1.29 is 0 Å². The van der Waals surface area contributed by atoms with Gasteiger partial charge in [-0.3, -0.25) is 9.80 Å². The van der Waals surface area contributed by atoms with E-state index in [-0.39, 0.29) is 0 Å². The Morgan fingerprint density at radius 1 is 1.20 bits per heavy atom. The lowest BCUT2D eigenvalue weighted by Crippen LogP contribution is -2.63. The largest absolute Gasteiger partial charge is 0.312 e. The molecule has 2 heterocycles. The highest BCUT2D eigenvalue weighted by atomic mass is 15.3. The average molecular weight is 281 g/mol. The quantitative estimate of drug-likeness (QED) is 0.807. The summed E-state index contributed by atoms with van der Waals surface area (Å²) in [5, 5.41) is 3.75. The zero-order valence-corrected chi connectivity index (χ0v) is 14.1. The Hall–Kier alpha value is -0.120. The van der Waals surface area contributed by atoms with E-state index in [1.165, 1.54) is 51.7 Å². The van der Waals surface area contributed by atoms with E-state index in [0.717, 1.165) is 12.6 Å². The maximum Gasteiger partial charge on any atom is 0.0224 e. The highest BCUT2D eigenvalue weighted by Gasteiger charge is 2.36. The lowest BCUT2D eigenvalue weighted by molar-refractivity contribution is -0.0123. The van der Waals surface area contributed by atoms with Crippen LogP contribution in [0.5, 0.6) is 0 Å². The van der Waals surface area contributed by atoms with Crippen LogP contribution < -0.4 is 5.32 Å². The van der Waals surface area contributed by atoms with Crippen LogP contribution >= 0.6 is 0 Å². The second kappa shape index (κ2) is 7.77. The Balaban J connectivity index is 1.95. The molecule has 2 rings (SSSR count). The van der Waals surface area contributed by atoms with Crippen molar-refractivity contribution in [3.8, 4) is 0 Å². The van der Waals surface area contributed by atoms with Gasteiger partial charge in [-0.25, -0.2) is 0 Å². The van der Waals surface area contributed by atoms with Crippen LogP contribution in [0.1, 0.15) is 59.8 Å². The van der Waals surface area contributed by atoms with E-state index in [1.807, 2.05) is 0 Å². The van der Waals surface area contributed by atoms with Crippen molar-refractivity contribution in [1.82, 2.24) is 15.1 Å². The molecule has 3 nitrogen and oxygen atoms in total. The van der Waals surface area contributed by atoms with Gasteiger partial charge in [0.1, 0.15) is 0 Å². The van der Waals surface area contributed by atoms with Crippen molar-refractivity contribution in [2.75, 3.05) is 26.2 Å². The molecule has 4 unspecified atom stereocenters. The van der Waals surface area contributed by atoms with Gasteiger partial charge in [-0.05, 0) is 52.6 Å². The summed E-state index contributed by atoms with van der Waals surface area (Å²) in [5.41, 5.74) is 0. The molecule has 0 aromatic rings. The molecule has 2 saturated heterocycles. The molecule has 0 aromatic heterocycles. The maximum atomic E-state index is 3.75. The van der Waals surface area contributed by atoms with E-state index < -0.39 is 0 Å². The lowest BCUT2D eigenvalue weighted by atomic mass is 9.94. The minimum absolute atomic E-state index is 0.646. The number of nitrogens with zero attached hydrogens (tertiary/aromatic N) is 2. The van der Waals surface area contributed by atoms with E-state index in [4.69, 9.17) is 0 Å². The van der Waals surface area contributed by atoms with Crippen molar-refractivity contribution >= 4 is 0 Å². The van der Waals surface area contributed by atoms with Gasteiger partial charge in [-0.15, -0.1) is 0 Å². The van der Waals surface area contributed by atoms with Gasteiger partial charge in [0.2, 0.25) is 0 Å². The minimum atomic E-state index is 0.646. The Bertz CT molecular complexity index is 281. The van der Waals surface area contributed by atoms with Crippen molar-refractivity contribution in [2.24, 2.45) is 0 Å². The molecular formula is C17H35N3. The van der Waals surface area contributed by atoms with Crippen LogP contribution in [-0.4, -0.2) is 60.1 Å². The third kappa shape index (κ3) is 3.75. The normalized spacial score (nSPS) is 31.8. The molecule has 0 aliphatic carbocycles. The molecule has 0 amide bonds. The fourth-order valence-corrected chi connectivity index (χ4v) is 4.16. The van der Waals surface area contributed by atoms with Gasteiger partial charge in [0.05, 0.1) is 0 Å². The molecule has 2 aliphatic rings. The second-order valence-electron chi connectivity index (χ2n) is 6.90.